The van der Waals surface area contributed by atoms with Crippen molar-refractivity contribution in [2.24, 2.45) is 0 Å². The Morgan fingerprint density at radius 2 is 1.71 bits per heavy atom. The minimum absolute atomic E-state index is 0.0189. The summed E-state index contributed by atoms with van der Waals surface area (Å²) in [6.45, 7) is 1.43. The molecule has 28 heavy (non-hydrogen) atoms. The maximum absolute atomic E-state index is 13.1. The largest absolute Gasteiger partial charge is 0.298 e. The molecule has 0 atom stereocenters. The summed E-state index contributed by atoms with van der Waals surface area (Å²) in [5.74, 6) is -1.35. The molecule has 0 radical (unpaired) electrons. The SMILES string of the molecule is CC(=O)n1c(C=C2C(=O)NC(=S)N(c3ccccc3)C2=O)cc2ccccc21. The summed E-state index contributed by atoms with van der Waals surface area (Å²) in [4.78, 5) is 39.0. The van der Waals surface area contributed by atoms with Crippen LogP contribution in [0.5, 0.6) is 0 Å². The number of amides is 2. The maximum Gasteiger partial charge on any atom is 0.270 e. The first-order chi connectivity index (χ1) is 13.5. The fraction of sp³-hybridized carbons (Fsp3) is 0.0476. The standard InChI is InChI=1S/C21H15N3O3S/c1-13(25)23-16(11-14-7-5-6-10-18(14)23)12-17-19(26)22-21(28)24(20(17)27)15-8-3-2-4-9-15/h2-12H,1H3,(H,22,26,28). The van der Waals surface area contributed by atoms with Crippen molar-refractivity contribution in [1.82, 2.24) is 9.88 Å². The van der Waals surface area contributed by atoms with Crippen molar-refractivity contribution in [3.8, 4) is 0 Å². The highest BCUT2D eigenvalue weighted by molar-refractivity contribution is 7.80. The number of benzene rings is 2. The smallest absolute Gasteiger partial charge is 0.270 e. The van der Waals surface area contributed by atoms with Gasteiger partial charge in [-0.15, -0.1) is 0 Å². The Morgan fingerprint density at radius 3 is 2.43 bits per heavy atom. The second-order valence-electron chi connectivity index (χ2n) is 6.28. The fourth-order valence-corrected chi connectivity index (χ4v) is 3.53. The van der Waals surface area contributed by atoms with Crippen molar-refractivity contribution in [3.63, 3.8) is 0 Å². The van der Waals surface area contributed by atoms with E-state index in [0.29, 0.717) is 16.9 Å². The van der Waals surface area contributed by atoms with E-state index in [-0.39, 0.29) is 16.6 Å². The van der Waals surface area contributed by atoms with E-state index in [1.807, 2.05) is 30.3 Å². The van der Waals surface area contributed by atoms with Crippen molar-refractivity contribution in [2.45, 2.75) is 6.92 Å². The van der Waals surface area contributed by atoms with Gasteiger partial charge in [0, 0.05) is 12.3 Å². The number of fused-ring (bicyclic) bond motifs is 1. The highest BCUT2D eigenvalue weighted by Gasteiger charge is 2.34. The second-order valence-corrected chi connectivity index (χ2v) is 6.66. The lowest BCUT2D eigenvalue weighted by Gasteiger charge is -2.28. The Kier molecular flexibility index (Phi) is 4.37. The Balaban J connectivity index is 1.85. The summed E-state index contributed by atoms with van der Waals surface area (Å²) in [5, 5.41) is 3.40. The van der Waals surface area contributed by atoms with Crippen LogP contribution in [0.4, 0.5) is 5.69 Å². The molecule has 3 aromatic rings. The van der Waals surface area contributed by atoms with Crippen molar-refractivity contribution in [3.05, 3.63) is 71.9 Å². The van der Waals surface area contributed by atoms with Crippen LogP contribution in [0.2, 0.25) is 0 Å². The Bertz CT molecular complexity index is 1180. The molecule has 4 rings (SSSR count). The van der Waals surface area contributed by atoms with Gasteiger partial charge in [0.1, 0.15) is 5.57 Å². The van der Waals surface area contributed by atoms with Crippen LogP contribution in [0.1, 0.15) is 17.4 Å². The number of nitrogens with one attached hydrogen (secondary N) is 1. The molecule has 0 spiro atoms. The average molecular weight is 389 g/mol. The first-order valence-electron chi connectivity index (χ1n) is 8.55. The molecule has 6 nitrogen and oxygen atoms in total. The maximum atomic E-state index is 13.1. The lowest BCUT2D eigenvalue weighted by Crippen LogP contribution is -2.54. The highest BCUT2D eigenvalue weighted by atomic mass is 32.1. The van der Waals surface area contributed by atoms with Gasteiger partial charge < -0.3 is 0 Å². The van der Waals surface area contributed by atoms with Gasteiger partial charge in [-0.2, -0.15) is 0 Å². The van der Waals surface area contributed by atoms with Gasteiger partial charge >= 0.3 is 0 Å². The molecule has 0 bridgehead atoms. The molecule has 7 heteroatoms. The average Bonchev–Trinajstić information content (AvgIpc) is 3.04. The van der Waals surface area contributed by atoms with Gasteiger partial charge in [-0.1, -0.05) is 36.4 Å². The molecular weight excluding hydrogens is 374 g/mol. The van der Waals surface area contributed by atoms with Gasteiger partial charge in [-0.25, -0.2) is 0 Å². The molecule has 1 N–H and O–H groups in total. The van der Waals surface area contributed by atoms with Crippen LogP contribution in [0, 0.1) is 0 Å². The fourth-order valence-electron chi connectivity index (χ4n) is 3.25. The third-order valence-electron chi connectivity index (χ3n) is 4.46. The van der Waals surface area contributed by atoms with Crippen LogP contribution >= 0.6 is 12.2 Å². The molecule has 0 aliphatic carbocycles. The molecule has 1 aliphatic rings. The number of thiocarbonyl (C=S) groups is 1. The topological polar surface area (TPSA) is 71.4 Å². The van der Waals surface area contributed by atoms with Gasteiger partial charge in [-0.3, -0.25) is 29.2 Å². The number of hydrogen-bond donors (Lipinski definition) is 1. The van der Waals surface area contributed by atoms with Gasteiger partial charge in [0.2, 0.25) is 5.91 Å². The Morgan fingerprint density at radius 1 is 1.04 bits per heavy atom. The van der Waals surface area contributed by atoms with Gasteiger partial charge in [-0.05, 0) is 42.6 Å². The lowest BCUT2D eigenvalue weighted by atomic mass is 10.1. The number of rotatable bonds is 2. The minimum atomic E-state index is -0.595. The van der Waals surface area contributed by atoms with E-state index < -0.39 is 11.8 Å². The predicted octanol–water partition coefficient (Wildman–Crippen LogP) is 3.13. The number of anilines is 1. The summed E-state index contributed by atoms with van der Waals surface area (Å²) in [6.07, 6.45) is 1.43. The van der Waals surface area contributed by atoms with Crippen molar-refractivity contribution in [2.75, 3.05) is 4.90 Å². The molecule has 2 amide bonds. The third-order valence-corrected chi connectivity index (χ3v) is 4.75. The summed E-state index contributed by atoms with van der Waals surface area (Å²) in [5.41, 5.74) is 1.62. The van der Waals surface area contributed by atoms with Crippen molar-refractivity contribution in [1.29, 1.82) is 0 Å². The van der Waals surface area contributed by atoms with Gasteiger partial charge in [0.05, 0.1) is 16.9 Å². The Hall–Kier alpha value is -3.58. The van der Waals surface area contributed by atoms with E-state index in [1.54, 1.807) is 30.3 Å². The van der Waals surface area contributed by atoms with Crippen LogP contribution in [0.3, 0.4) is 0 Å². The van der Waals surface area contributed by atoms with Crippen molar-refractivity contribution >= 4 is 57.7 Å². The molecule has 1 aliphatic heterocycles. The van der Waals surface area contributed by atoms with Crippen LogP contribution in [0.15, 0.2) is 66.2 Å². The predicted molar refractivity (Wildman–Crippen MR) is 111 cm³/mol. The Labute approximate surface area is 166 Å². The van der Waals surface area contributed by atoms with E-state index in [0.717, 1.165) is 5.39 Å². The van der Waals surface area contributed by atoms with E-state index in [2.05, 4.69) is 5.32 Å². The van der Waals surface area contributed by atoms with Crippen LogP contribution < -0.4 is 10.2 Å². The molecular formula is C21H15N3O3S. The number of para-hydroxylation sites is 2. The summed E-state index contributed by atoms with van der Waals surface area (Å²) in [7, 11) is 0. The number of hydrogen-bond acceptors (Lipinski definition) is 4. The van der Waals surface area contributed by atoms with E-state index in [1.165, 1.54) is 22.5 Å². The minimum Gasteiger partial charge on any atom is -0.298 e. The quantitative estimate of drug-likeness (QED) is 0.415. The lowest BCUT2D eigenvalue weighted by molar-refractivity contribution is -0.122. The first kappa shape index (κ1) is 17.8. The molecule has 1 saturated heterocycles. The number of carbonyl (C=O) groups is 3. The molecule has 2 aromatic carbocycles. The van der Waals surface area contributed by atoms with Gasteiger partial charge in [0.15, 0.2) is 5.11 Å². The number of carbonyl (C=O) groups excluding carboxylic acids is 3. The zero-order chi connectivity index (χ0) is 19.8. The van der Waals surface area contributed by atoms with E-state index in [4.69, 9.17) is 12.2 Å². The number of aromatic nitrogens is 1. The number of nitrogens with zero attached hydrogens (tertiary/aromatic N) is 2. The molecule has 2 heterocycles. The molecule has 1 aromatic heterocycles. The molecule has 0 saturated carbocycles. The van der Waals surface area contributed by atoms with Gasteiger partial charge in [0.25, 0.3) is 11.8 Å². The third kappa shape index (κ3) is 2.91. The summed E-state index contributed by atoms with van der Waals surface area (Å²) in [6, 6.07) is 18.0. The zero-order valence-corrected chi connectivity index (χ0v) is 15.7. The second kappa shape index (κ2) is 6.86. The first-order valence-corrected chi connectivity index (χ1v) is 8.96. The molecule has 0 unspecified atom stereocenters. The normalized spacial score (nSPS) is 16.0. The summed E-state index contributed by atoms with van der Waals surface area (Å²) < 4.78 is 1.47. The van der Waals surface area contributed by atoms with E-state index >= 15 is 0 Å². The van der Waals surface area contributed by atoms with E-state index in [9.17, 15) is 14.4 Å². The van der Waals surface area contributed by atoms with Crippen LogP contribution in [0.25, 0.3) is 17.0 Å². The summed E-state index contributed by atoms with van der Waals surface area (Å²) >= 11 is 5.19. The van der Waals surface area contributed by atoms with Crippen LogP contribution in [-0.4, -0.2) is 27.4 Å². The monoisotopic (exact) mass is 389 g/mol. The highest BCUT2D eigenvalue weighted by Crippen LogP contribution is 2.25. The van der Waals surface area contributed by atoms with Crippen molar-refractivity contribution < 1.29 is 14.4 Å². The molecule has 1 fully saturated rings. The molecule has 138 valence electrons. The van der Waals surface area contributed by atoms with Crippen LogP contribution in [-0.2, 0) is 9.59 Å². The zero-order valence-electron chi connectivity index (χ0n) is 14.9.